The Morgan fingerprint density at radius 1 is 0.766 bits per heavy atom. The van der Waals surface area contributed by atoms with Crippen molar-refractivity contribution in [3.05, 3.63) is 83.9 Å². The lowest BCUT2D eigenvalue weighted by Crippen LogP contribution is -2.45. The number of amides is 3. The second kappa shape index (κ2) is 14.7. The number of rotatable bonds is 9. The lowest BCUT2D eigenvalue weighted by Gasteiger charge is -2.34. The van der Waals surface area contributed by atoms with Gasteiger partial charge >= 0.3 is 12.1 Å². The summed E-state index contributed by atoms with van der Waals surface area (Å²) in [5.74, 6) is 1.76. The van der Waals surface area contributed by atoms with E-state index in [1.165, 1.54) is 19.8 Å². The van der Waals surface area contributed by atoms with Gasteiger partial charge in [0.2, 0.25) is 0 Å². The van der Waals surface area contributed by atoms with Crippen LogP contribution in [-0.4, -0.2) is 68.9 Å². The maximum atomic E-state index is 13.4. The van der Waals surface area contributed by atoms with E-state index < -0.39 is 12.1 Å². The van der Waals surface area contributed by atoms with Gasteiger partial charge in [0.25, 0.3) is 0 Å². The van der Waals surface area contributed by atoms with Gasteiger partial charge in [-0.1, -0.05) is 64.1 Å². The van der Waals surface area contributed by atoms with Crippen molar-refractivity contribution in [2.75, 3.05) is 62.9 Å². The Morgan fingerprint density at radius 2 is 1.43 bits per heavy atom. The number of carbonyl (C=O) groups excluding carboxylic acids is 2. The second-order valence-corrected chi connectivity index (χ2v) is 12.7. The predicted molar refractivity (Wildman–Crippen MR) is 188 cm³/mol. The summed E-state index contributed by atoms with van der Waals surface area (Å²) < 4.78 is 16.8. The molecule has 4 aromatic carbocycles. The molecule has 0 unspecified atom stereocenters. The summed E-state index contributed by atoms with van der Waals surface area (Å²) in [6.45, 7) is 14.6. The van der Waals surface area contributed by atoms with Gasteiger partial charge in [0.05, 0.1) is 31.3 Å². The highest BCUT2D eigenvalue weighted by molar-refractivity contribution is 6.08. The third kappa shape index (κ3) is 8.33. The number of nitrogens with zero attached hydrogens (tertiary/aromatic N) is 2. The highest BCUT2D eigenvalue weighted by Gasteiger charge is 2.22. The summed E-state index contributed by atoms with van der Waals surface area (Å²) in [6, 6.07) is 22.9. The van der Waals surface area contributed by atoms with Crippen molar-refractivity contribution < 1.29 is 23.8 Å². The monoisotopic (exact) mass is 639 g/mol. The van der Waals surface area contributed by atoms with Crippen LogP contribution in [0.3, 0.4) is 0 Å². The quantitative estimate of drug-likeness (QED) is 0.171. The minimum absolute atomic E-state index is 0.276. The van der Waals surface area contributed by atoms with Crippen LogP contribution in [0.5, 0.6) is 17.2 Å². The van der Waals surface area contributed by atoms with Gasteiger partial charge in [0.15, 0.2) is 5.75 Å². The van der Waals surface area contributed by atoms with E-state index >= 15 is 0 Å². The van der Waals surface area contributed by atoms with Gasteiger partial charge in [-0.05, 0) is 59.5 Å². The fourth-order valence-electron chi connectivity index (χ4n) is 5.73. The minimum Gasteiger partial charge on any atom is -0.492 e. The zero-order valence-corrected chi connectivity index (χ0v) is 28.1. The molecule has 1 aliphatic heterocycles. The SMILES string of the molecule is CCN1CCN(Cc2cccc(Oc3ccc(NC(=O)Nc4cc(C(C)(C)C)cc(NC(=O)OC)c4OC)c4ccccc34)c2)CC1. The van der Waals surface area contributed by atoms with E-state index in [2.05, 4.69) is 44.8 Å². The Bertz CT molecular complexity index is 1730. The largest absolute Gasteiger partial charge is 0.492 e. The molecule has 1 heterocycles. The first-order chi connectivity index (χ1) is 22.6. The normalized spacial score (nSPS) is 14.0. The molecule has 5 rings (SSSR count). The van der Waals surface area contributed by atoms with Gasteiger partial charge in [-0.3, -0.25) is 10.2 Å². The number of carbonyl (C=O) groups is 2. The number of piperazine rings is 1. The van der Waals surface area contributed by atoms with Crippen LogP contribution >= 0.6 is 0 Å². The van der Waals surface area contributed by atoms with Crippen LogP contribution in [0.2, 0.25) is 0 Å². The van der Waals surface area contributed by atoms with E-state index in [0.29, 0.717) is 28.6 Å². The van der Waals surface area contributed by atoms with Crippen molar-refractivity contribution in [3.8, 4) is 17.2 Å². The molecular formula is C37H45N5O5. The number of likely N-dealkylation sites (N-methyl/N-ethyl adjacent to an activating group) is 1. The molecule has 248 valence electrons. The maximum absolute atomic E-state index is 13.4. The molecule has 0 spiro atoms. The van der Waals surface area contributed by atoms with Crippen LogP contribution in [0.25, 0.3) is 10.8 Å². The number of hydrogen-bond acceptors (Lipinski definition) is 7. The third-order valence-corrected chi connectivity index (χ3v) is 8.41. The molecule has 10 nitrogen and oxygen atoms in total. The van der Waals surface area contributed by atoms with Crippen molar-refractivity contribution in [2.45, 2.75) is 39.7 Å². The number of hydrogen-bond donors (Lipinski definition) is 3. The first-order valence-corrected chi connectivity index (χ1v) is 16.0. The highest BCUT2D eigenvalue weighted by atomic mass is 16.5. The Kier molecular flexibility index (Phi) is 10.5. The van der Waals surface area contributed by atoms with E-state index in [4.69, 9.17) is 14.2 Å². The molecule has 3 N–H and O–H groups in total. The standard InChI is InChI=1S/C37H45N5O5/c1-7-41-17-19-42(20-18-41)24-25-11-10-12-27(21-25)47-33-16-15-30(28-13-8-9-14-29(28)33)38-35(43)39-31-22-26(37(2,3)4)23-32(34(31)45-5)40-36(44)46-6/h8-16,21-23H,7,17-20,24H2,1-6H3,(H,40,44)(H2,38,39,43). The van der Waals surface area contributed by atoms with Crippen LogP contribution < -0.4 is 25.4 Å². The van der Waals surface area contributed by atoms with Crippen molar-refractivity contribution in [1.29, 1.82) is 0 Å². The van der Waals surface area contributed by atoms with Gasteiger partial charge in [0.1, 0.15) is 11.5 Å². The first-order valence-electron chi connectivity index (χ1n) is 16.0. The molecule has 3 amide bonds. The number of urea groups is 1. The Labute approximate surface area is 277 Å². The number of anilines is 3. The fraction of sp³-hybridized carbons (Fsp3) is 0.351. The zero-order valence-electron chi connectivity index (χ0n) is 28.1. The van der Waals surface area contributed by atoms with Crippen molar-refractivity contribution in [2.24, 2.45) is 0 Å². The molecule has 4 aromatic rings. The third-order valence-electron chi connectivity index (χ3n) is 8.41. The second-order valence-electron chi connectivity index (χ2n) is 12.7. The molecule has 0 bridgehead atoms. The molecule has 0 atom stereocenters. The van der Waals surface area contributed by atoms with Gasteiger partial charge in [-0.2, -0.15) is 0 Å². The summed E-state index contributed by atoms with van der Waals surface area (Å²) >= 11 is 0. The molecule has 10 heteroatoms. The summed E-state index contributed by atoms with van der Waals surface area (Å²) in [7, 11) is 2.77. The van der Waals surface area contributed by atoms with Gasteiger partial charge in [-0.25, -0.2) is 9.59 Å². The van der Waals surface area contributed by atoms with Crippen molar-refractivity contribution >= 4 is 40.0 Å². The molecule has 1 aliphatic rings. The van der Waals surface area contributed by atoms with Crippen molar-refractivity contribution in [3.63, 3.8) is 0 Å². The molecule has 0 saturated carbocycles. The Balaban J connectivity index is 1.35. The molecule has 1 fully saturated rings. The molecule has 47 heavy (non-hydrogen) atoms. The van der Waals surface area contributed by atoms with E-state index in [-0.39, 0.29) is 5.41 Å². The molecule has 0 aromatic heterocycles. The lowest BCUT2D eigenvalue weighted by molar-refractivity contribution is 0.132. The fourth-order valence-corrected chi connectivity index (χ4v) is 5.73. The zero-order chi connectivity index (χ0) is 33.6. The molecule has 0 aliphatic carbocycles. The molecular weight excluding hydrogens is 594 g/mol. The average molecular weight is 640 g/mol. The predicted octanol–water partition coefficient (Wildman–Crippen LogP) is 7.90. The minimum atomic E-state index is -0.643. The number of nitrogens with one attached hydrogen (secondary N) is 3. The van der Waals surface area contributed by atoms with E-state index in [1.807, 2.05) is 81.4 Å². The summed E-state index contributed by atoms with van der Waals surface area (Å²) in [6.07, 6.45) is -0.643. The average Bonchev–Trinajstić information content (AvgIpc) is 3.06. The summed E-state index contributed by atoms with van der Waals surface area (Å²) in [4.78, 5) is 30.5. The Hall–Kier alpha value is -4.80. The summed E-state index contributed by atoms with van der Waals surface area (Å²) in [5.41, 5.74) is 3.22. The maximum Gasteiger partial charge on any atom is 0.411 e. The van der Waals surface area contributed by atoms with E-state index in [9.17, 15) is 9.59 Å². The van der Waals surface area contributed by atoms with Crippen LogP contribution in [-0.2, 0) is 16.7 Å². The summed E-state index contributed by atoms with van der Waals surface area (Å²) in [5, 5.41) is 10.3. The van der Waals surface area contributed by atoms with Crippen LogP contribution in [0.1, 0.15) is 38.8 Å². The topological polar surface area (TPSA) is 104 Å². The number of benzene rings is 4. The number of methoxy groups -OCH3 is 2. The number of fused-ring (bicyclic) bond motifs is 1. The Morgan fingerprint density at radius 3 is 2.09 bits per heavy atom. The van der Waals surface area contributed by atoms with Crippen LogP contribution in [0.15, 0.2) is 72.8 Å². The molecule has 0 radical (unpaired) electrons. The number of ether oxygens (including phenoxy) is 3. The first kappa shape index (κ1) is 33.6. The smallest absolute Gasteiger partial charge is 0.411 e. The van der Waals surface area contributed by atoms with Gasteiger partial charge < -0.3 is 29.7 Å². The lowest BCUT2D eigenvalue weighted by atomic mass is 9.86. The molecule has 1 saturated heterocycles. The van der Waals surface area contributed by atoms with Crippen molar-refractivity contribution in [1.82, 2.24) is 9.80 Å². The van der Waals surface area contributed by atoms with Gasteiger partial charge in [-0.15, -0.1) is 0 Å². The van der Waals surface area contributed by atoms with E-state index in [1.54, 1.807) is 0 Å². The van der Waals surface area contributed by atoms with Crippen LogP contribution in [0, 0.1) is 0 Å². The van der Waals surface area contributed by atoms with Crippen LogP contribution in [0.4, 0.5) is 26.7 Å². The highest BCUT2D eigenvalue weighted by Crippen LogP contribution is 2.39. The van der Waals surface area contributed by atoms with E-state index in [0.717, 1.165) is 61.4 Å². The van der Waals surface area contributed by atoms with Gasteiger partial charge in [0, 0.05) is 43.5 Å².